The molecule has 1 aliphatic heterocycles. The van der Waals surface area contributed by atoms with Gasteiger partial charge in [-0.1, -0.05) is 13.0 Å². The summed E-state index contributed by atoms with van der Waals surface area (Å²) in [5.74, 6) is 2.70. The fourth-order valence-electron chi connectivity index (χ4n) is 2.32. The molecule has 0 spiro atoms. The summed E-state index contributed by atoms with van der Waals surface area (Å²) in [6.45, 7) is 5.43. The Bertz CT molecular complexity index is 606. The number of hydrogen-bond donors (Lipinski definition) is 1. The van der Waals surface area contributed by atoms with Crippen LogP contribution in [0.25, 0.3) is 0 Å². The van der Waals surface area contributed by atoms with Gasteiger partial charge in [-0.3, -0.25) is 0 Å². The number of rotatable bonds is 2. The van der Waals surface area contributed by atoms with Gasteiger partial charge in [0, 0.05) is 5.92 Å². The molecule has 0 radical (unpaired) electrons. The highest BCUT2D eigenvalue weighted by atomic mass is 16.5. The van der Waals surface area contributed by atoms with Crippen LogP contribution in [-0.2, 0) is 0 Å². The Labute approximate surface area is 118 Å². The Balaban J connectivity index is 1.91. The minimum Gasteiger partial charge on any atom is -0.489 e. The molecule has 0 saturated heterocycles. The van der Waals surface area contributed by atoms with Gasteiger partial charge in [0.05, 0.1) is 25.5 Å². The molecule has 3 rings (SSSR count). The zero-order valence-electron chi connectivity index (χ0n) is 11.8. The van der Waals surface area contributed by atoms with E-state index < -0.39 is 0 Å². The van der Waals surface area contributed by atoms with Gasteiger partial charge in [0.1, 0.15) is 5.76 Å². The van der Waals surface area contributed by atoms with Crippen LogP contribution < -0.4 is 15.2 Å². The summed E-state index contributed by atoms with van der Waals surface area (Å²) in [6, 6.07) is 7.45. The Morgan fingerprint density at radius 3 is 2.60 bits per heavy atom. The van der Waals surface area contributed by atoms with Crippen molar-refractivity contribution in [1.82, 2.24) is 0 Å². The zero-order chi connectivity index (χ0) is 14.1. The molecule has 0 saturated carbocycles. The third-order valence-corrected chi connectivity index (χ3v) is 3.56. The molecule has 0 amide bonds. The smallest absolute Gasteiger partial charge is 0.161 e. The van der Waals surface area contributed by atoms with Gasteiger partial charge in [0.15, 0.2) is 11.5 Å². The molecule has 2 atom stereocenters. The van der Waals surface area contributed by atoms with Gasteiger partial charge in [0.25, 0.3) is 0 Å². The second kappa shape index (κ2) is 5.21. The molecule has 2 heterocycles. The summed E-state index contributed by atoms with van der Waals surface area (Å²) >= 11 is 0. The lowest BCUT2D eigenvalue weighted by Gasteiger charge is -2.14. The van der Waals surface area contributed by atoms with Crippen molar-refractivity contribution in [1.29, 1.82) is 0 Å². The molecule has 2 unspecified atom stereocenters. The molecule has 0 fully saturated rings. The maximum atomic E-state index is 6.27. The summed E-state index contributed by atoms with van der Waals surface area (Å²) in [4.78, 5) is 0. The molecule has 0 bridgehead atoms. The topological polar surface area (TPSA) is 57.6 Å². The van der Waals surface area contributed by atoms with Gasteiger partial charge in [0.2, 0.25) is 0 Å². The highest BCUT2D eigenvalue weighted by Gasteiger charge is 2.19. The third-order valence-electron chi connectivity index (χ3n) is 3.56. The number of nitrogens with two attached hydrogens (primary N) is 1. The Kier molecular flexibility index (Phi) is 3.40. The standard InChI is InChI=1S/C16H19NO3/c1-10-8-19-13-4-3-12(7-14(13)20-9-10)15(17)16-11(2)5-6-18-16/h3-7,10,15H,8-9,17H2,1-2H3. The molecule has 1 aromatic carbocycles. The van der Waals surface area contributed by atoms with Crippen molar-refractivity contribution in [2.75, 3.05) is 13.2 Å². The van der Waals surface area contributed by atoms with Gasteiger partial charge >= 0.3 is 0 Å². The minimum absolute atomic E-state index is 0.292. The fourth-order valence-corrected chi connectivity index (χ4v) is 2.32. The van der Waals surface area contributed by atoms with E-state index in [2.05, 4.69) is 6.92 Å². The first-order chi connectivity index (χ1) is 9.65. The van der Waals surface area contributed by atoms with E-state index in [9.17, 15) is 0 Å². The monoisotopic (exact) mass is 273 g/mol. The molecule has 2 N–H and O–H groups in total. The Morgan fingerprint density at radius 2 is 1.90 bits per heavy atom. The van der Waals surface area contributed by atoms with Crippen LogP contribution in [0.3, 0.4) is 0 Å². The predicted molar refractivity (Wildman–Crippen MR) is 76.1 cm³/mol. The van der Waals surface area contributed by atoms with Crippen molar-refractivity contribution in [2.24, 2.45) is 11.7 Å². The SMILES string of the molecule is Cc1ccoc1C(N)c1ccc2c(c1)OCC(C)CO2. The predicted octanol–water partition coefficient (Wildman–Crippen LogP) is 3.04. The molecule has 1 aromatic heterocycles. The van der Waals surface area contributed by atoms with Crippen LogP contribution in [0.4, 0.5) is 0 Å². The van der Waals surface area contributed by atoms with E-state index in [0.717, 1.165) is 28.4 Å². The van der Waals surface area contributed by atoms with Gasteiger partial charge in [-0.25, -0.2) is 0 Å². The lowest BCUT2D eigenvalue weighted by Crippen LogP contribution is -2.12. The van der Waals surface area contributed by atoms with Crippen LogP contribution in [0.15, 0.2) is 34.9 Å². The molecule has 2 aromatic rings. The van der Waals surface area contributed by atoms with Crippen molar-refractivity contribution in [3.8, 4) is 11.5 Å². The quantitative estimate of drug-likeness (QED) is 0.913. The zero-order valence-corrected chi connectivity index (χ0v) is 11.8. The molecule has 4 nitrogen and oxygen atoms in total. The van der Waals surface area contributed by atoms with Crippen molar-refractivity contribution in [3.05, 3.63) is 47.4 Å². The maximum Gasteiger partial charge on any atom is 0.161 e. The Morgan fingerprint density at radius 1 is 1.15 bits per heavy atom. The highest BCUT2D eigenvalue weighted by molar-refractivity contribution is 5.45. The van der Waals surface area contributed by atoms with Crippen LogP contribution in [-0.4, -0.2) is 13.2 Å². The first-order valence-electron chi connectivity index (χ1n) is 6.84. The second-order valence-electron chi connectivity index (χ2n) is 5.38. The number of hydrogen-bond acceptors (Lipinski definition) is 4. The third kappa shape index (κ3) is 2.39. The minimum atomic E-state index is -0.292. The average molecular weight is 273 g/mol. The summed E-state index contributed by atoms with van der Waals surface area (Å²) in [5, 5.41) is 0. The van der Waals surface area contributed by atoms with E-state index in [1.54, 1.807) is 6.26 Å². The van der Waals surface area contributed by atoms with E-state index in [0.29, 0.717) is 19.1 Å². The van der Waals surface area contributed by atoms with E-state index in [-0.39, 0.29) is 6.04 Å². The van der Waals surface area contributed by atoms with Crippen LogP contribution in [0.2, 0.25) is 0 Å². The van der Waals surface area contributed by atoms with Crippen molar-refractivity contribution < 1.29 is 13.9 Å². The molecule has 1 aliphatic rings. The molecule has 0 aliphatic carbocycles. The fraction of sp³-hybridized carbons (Fsp3) is 0.375. The molecule has 20 heavy (non-hydrogen) atoms. The van der Waals surface area contributed by atoms with Crippen molar-refractivity contribution in [3.63, 3.8) is 0 Å². The van der Waals surface area contributed by atoms with Crippen molar-refractivity contribution >= 4 is 0 Å². The van der Waals surface area contributed by atoms with E-state index in [4.69, 9.17) is 19.6 Å². The summed E-state index contributed by atoms with van der Waals surface area (Å²) in [5.41, 5.74) is 8.28. The first-order valence-corrected chi connectivity index (χ1v) is 6.84. The largest absolute Gasteiger partial charge is 0.489 e. The van der Waals surface area contributed by atoms with Gasteiger partial charge < -0.3 is 19.6 Å². The average Bonchev–Trinajstić information content (AvgIpc) is 2.79. The van der Waals surface area contributed by atoms with Crippen LogP contribution in [0.5, 0.6) is 11.5 Å². The number of fused-ring (bicyclic) bond motifs is 1. The summed E-state index contributed by atoms with van der Waals surface area (Å²) in [6.07, 6.45) is 1.66. The lowest BCUT2D eigenvalue weighted by atomic mass is 10.0. The second-order valence-corrected chi connectivity index (χ2v) is 5.38. The van der Waals surface area contributed by atoms with E-state index >= 15 is 0 Å². The molecule has 106 valence electrons. The molecular formula is C16H19NO3. The number of furan rings is 1. The molecular weight excluding hydrogens is 254 g/mol. The van der Waals surface area contributed by atoms with E-state index in [1.165, 1.54) is 0 Å². The molecule has 4 heteroatoms. The number of aryl methyl sites for hydroxylation is 1. The summed E-state index contributed by atoms with van der Waals surface area (Å²) in [7, 11) is 0. The lowest BCUT2D eigenvalue weighted by molar-refractivity contribution is 0.228. The first kappa shape index (κ1) is 13.1. The number of ether oxygens (including phenoxy) is 2. The number of benzene rings is 1. The maximum absolute atomic E-state index is 6.27. The van der Waals surface area contributed by atoms with Gasteiger partial charge in [-0.05, 0) is 36.2 Å². The van der Waals surface area contributed by atoms with Crippen LogP contribution in [0, 0.1) is 12.8 Å². The normalized spacial score (nSPS) is 19.4. The summed E-state index contributed by atoms with van der Waals surface area (Å²) < 4.78 is 17.0. The van der Waals surface area contributed by atoms with Crippen molar-refractivity contribution in [2.45, 2.75) is 19.9 Å². The van der Waals surface area contributed by atoms with Crippen LogP contribution in [0.1, 0.15) is 29.9 Å². The van der Waals surface area contributed by atoms with E-state index in [1.807, 2.05) is 31.2 Å². The Hall–Kier alpha value is -1.94. The van der Waals surface area contributed by atoms with Gasteiger partial charge in [-0.15, -0.1) is 0 Å². The van der Waals surface area contributed by atoms with Crippen LogP contribution >= 0.6 is 0 Å². The highest BCUT2D eigenvalue weighted by Crippen LogP contribution is 2.34. The van der Waals surface area contributed by atoms with Gasteiger partial charge in [-0.2, -0.15) is 0 Å².